The van der Waals surface area contributed by atoms with Crippen LogP contribution in [-0.4, -0.2) is 37.1 Å². The second-order valence-corrected chi connectivity index (χ2v) is 7.01. The number of nitrogens with one attached hydrogen (secondary N) is 2. The molecule has 0 aromatic carbocycles. The summed E-state index contributed by atoms with van der Waals surface area (Å²) >= 11 is 3.80. The lowest BCUT2D eigenvalue weighted by atomic mass is 10.2. The lowest BCUT2D eigenvalue weighted by molar-refractivity contribution is 0.615. The Kier molecular flexibility index (Phi) is 6.04. The Morgan fingerprint density at radius 2 is 2.42 bits per heavy atom. The van der Waals surface area contributed by atoms with Gasteiger partial charge in [0.05, 0.1) is 0 Å². The summed E-state index contributed by atoms with van der Waals surface area (Å²) in [6, 6.07) is 4.88. The summed E-state index contributed by atoms with van der Waals surface area (Å²) in [7, 11) is 1.85. The molecule has 0 spiro atoms. The van der Waals surface area contributed by atoms with Crippen LogP contribution in [0.4, 0.5) is 0 Å². The van der Waals surface area contributed by atoms with Crippen molar-refractivity contribution in [3.63, 3.8) is 0 Å². The van der Waals surface area contributed by atoms with Gasteiger partial charge in [0.25, 0.3) is 0 Å². The van der Waals surface area contributed by atoms with E-state index < -0.39 is 0 Å². The number of nitrogens with zero attached hydrogens (tertiary/aromatic N) is 1. The van der Waals surface area contributed by atoms with Gasteiger partial charge in [0.1, 0.15) is 0 Å². The molecule has 0 amide bonds. The van der Waals surface area contributed by atoms with Crippen molar-refractivity contribution in [2.75, 3.05) is 19.8 Å². The van der Waals surface area contributed by atoms with Crippen LogP contribution in [0.1, 0.15) is 24.1 Å². The standard InChI is InChI=1S/C14H23N3S2/c1-15-14(16-8-7-12-4-3-9-19-12)17-11-5-6-13(10-11)18-2/h3-4,9,11,13H,5-8,10H2,1-2H3,(H2,15,16,17). The second-order valence-electron chi connectivity index (χ2n) is 4.84. The van der Waals surface area contributed by atoms with Gasteiger partial charge < -0.3 is 10.6 Å². The van der Waals surface area contributed by atoms with Crippen LogP contribution in [0.5, 0.6) is 0 Å². The van der Waals surface area contributed by atoms with Gasteiger partial charge >= 0.3 is 0 Å². The molecular formula is C14H23N3S2. The van der Waals surface area contributed by atoms with E-state index >= 15 is 0 Å². The van der Waals surface area contributed by atoms with E-state index in [1.54, 1.807) is 0 Å². The SMILES string of the molecule is CN=C(NCCc1cccs1)NC1CCC(SC)C1. The van der Waals surface area contributed by atoms with Gasteiger partial charge in [-0.05, 0) is 43.4 Å². The molecular weight excluding hydrogens is 274 g/mol. The van der Waals surface area contributed by atoms with Gasteiger partial charge in [-0.1, -0.05) is 6.07 Å². The first-order chi connectivity index (χ1) is 9.31. The molecule has 19 heavy (non-hydrogen) atoms. The van der Waals surface area contributed by atoms with E-state index in [-0.39, 0.29) is 0 Å². The van der Waals surface area contributed by atoms with Crippen molar-refractivity contribution in [2.45, 2.75) is 37.0 Å². The molecule has 0 saturated heterocycles. The molecule has 0 aliphatic heterocycles. The molecule has 1 aliphatic rings. The summed E-state index contributed by atoms with van der Waals surface area (Å²) in [5.41, 5.74) is 0. The van der Waals surface area contributed by atoms with Gasteiger partial charge in [0.2, 0.25) is 0 Å². The summed E-state index contributed by atoms with van der Waals surface area (Å²) in [6.45, 7) is 0.943. The minimum Gasteiger partial charge on any atom is -0.356 e. The fourth-order valence-electron chi connectivity index (χ4n) is 2.43. The maximum atomic E-state index is 4.31. The van der Waals surface area contributed by atoms with Gasteiger partial charge in [0, 0.05) is 29.8 Å². The molecule has 2 N–H and O–H groups in total. The van der Waals surface area contributed by atoms with Crippen molar-refractivity contribution in [3.8, 4) is 0 Å². The highest BCUT2D eigenvalue weighted by molar-refractivity contribution is 7.99. The minimum atomic E-state index is 0.588. The van der Waals surface area contributed by atoms with Crippen LogP contribution in [0.15, 0.2) is 22.5 Å². The Morgan fingerprint density at radius 1 is 1.53 bits per heavy atom. The maximum Gasteiger partial charge on any atom is 0.191 e. The molecule has 1 saturated carbocycles. The Balaban J connectivity index is 1.69. The Hall–Kier alpha value is -0.680. The van der Waals surface area contributed by atoms with Gasteiger partial charge in [-0.2, -0.15) is 11.8 Å². The first-order valence-corrected chi connectivity index (χ1v) is 9.01. The average Bonchev–Trinajstić information content (AvgIpc) is 3.08. The predicted molar refractivity (Wildman–Crippen MR) is 87.5 cm³/mol. The first kappa shape index (κ1) is 14.7. The molecule has 1 heterocycles. The van der Waals surface area contributed by atoms with E-state index in [0.29, 0.717) is 6.04 Å². The van der Waals surface area contributed by atoms with Crippen LogP contribution in [0.25, 0.3) is 0 Å². The van der Waals surface area contributed by atoms with Crippen molar-refractivity contribution in [2.24, 2.45) is 4.99 Å². The smallest absolute Gasteiger partial charge is 0.191 e. The van der Waals surface area contributed by atoms with Crippen LogP contribution < -0.4 is 10.6 Å². The molecule has 1 aromatic heterocycles. The normalized spacial score (nSPS) is 23.6. The zero-order valence-corrected chi connectivity index (χ0v) is 13.3. The van der Waals surface area contributed by atoms with Gasteiger partial charge in [0.15, 0.2) is 5.96 Å². The maximum absolute atomic E-state index is 4.31. The monoisotopic (exact) mass is 297 g/mol. The molecule has 0 radical (unpaired) electrons. The summed E-state index contributed by atoms with van der Waals surface area (Å²) in [5, 5.41) is 9.89. The molecule has 2 atom stereocenters. The van der Waals surface area contributed by atoms with Crippen LogP contribution in [0, 0.1) is 0 Å². The third kappa shape index (κ3) is 4.73. The zero-order chi connectivity index (χ0) is 13.5. The van der Waals surface area contributed by atoms with Crippen molar-refractivity contribution in [1.82, 2.24) is 10.6 Å². The van der Waals surface area contributed by atoms with Gasteiger partial charge in [-0.3, -0.25) is 4.99 Å². The van der Waals surface area contributed by atoms with Crippen molar-refractivity contribution < 1.29 is 0 Å². The van der Waals surface area contributed by atoms with E-state index in [9.17, 15) is 0 Å². The summed E-state index contributed by atoms with van der Waals surface area (Å²) in [5.74, 6) is 0.948. The lowest BCUT2D eigenvalue weighted by Gasteiger charge is -2.17. The number of guanidine groups is 1. The van der Waals surface area contributed by atoms with E-state index in [2.05, 4.69) is 39.4 Å². The van der Waals surface area contributed by atoms with Crippen molar-refractivity contribution in [1.29, 1.82) is 0 Å². The van der Waals surface area contributed by atoms with Crippen molar-refractivity contribution >= 4 is 29.1 Å². The van der Waals surface area contributed by atoms with Crippen LogP contribution in [-0.2, 0) is 6.42 Å². The summed E-state index contributed by atoms with van der Waals surface area (Å²) in [6.07, 6.45) is 7.12. The number of thiophene rings is 1. The van der Waals surface area contributed by atoms with E-state index in [1.807, 2.05) is 30.1 Å². The second kappa shape index (κ2) is 7.80. The van der Waals surface area contributed by atoms with Crippen molar-refractivity contribution in [3.05, 3.63) is 22.4 Å². The lowest BCUT2D eigenvalue weighted by Crippen LogP contribution is -2.43. The average molecular weight is 297 g/mol. The van der Waals surface area contributed by atoms with Gasteiger partial charge in [-0.15, -0.1) is 11.3 Å². The highest BCUT2D eigenvalue weighted by Gasteiger charge is 2.24. The number of aliphatic imine (C=N–C) groups is 1. The largest absolute Gasteiger partial charge is 0.356 e. The van der Waals surface area contributed by atoms with Crippen LogP contribution >= 0.6 is 23.1 Å². The molecule has 1 aromatic rings. The molecule has 1 aliphatic carbocycles. The highest BCUT2D eigenvalue weighted by Crippen LogP contribution is 2.27. The Bertz CT molecular complexity index is 389. The molecule has 106 valence electrons. The third-order valence-electron chi connectivity index (χ3n) is 3.53. The molecule has 5 heteroatoms. The zero-order valence-electron chi connectivity index (χ0n) is 11.7. The fourth-order valence-corrected chi connectivity index (χ4v) is 3.94. The van der Waals surface area contributed by atoms with E-state index in [0.717, 1.165) is 24.2 Å². The third-order valence-corrected chi connectivity index (χ3v) is 5.56. The molecule has 2 rings (SSSR count). The van der Waals surface area contributed by atoms with Crippen LogP contribution in [0.3, 0.4) is 0 Å². The van der Waals surface area contributed by atoms with Gasteiger partial charge in [-0.25, -0.2) is 0 Å². The van der Waals surface area contributed by atoms with Crippen LogP contribution in [0.2, 0.25) is 0 Å². The molecule has 2 unspecified atom stereocenters. The summed E-state index contributed by atoms with van der Waals surface area (Å²) in [4.78, 5) is 5.73. The van der Waals surface area contributed by atoms with E-state index in [4.69, 9.17) is 0 Å². The number of hydrogen-bond acceptors (Lipinski definition) is 3. The molecule has 1 fully saturated rings. The Morgan fingerprint density at radius 3 is 3.05 bits per heavy atom. The predicted octanol–water partition coefficient (Wildman–Crippen LogP) is 2.74. The quantitative estimate of drug-likeness (QED) is 0.648. The minimum absolute atomic E-state index is 0.588. The first-order valence-electron chi connectivity index (χ1n) is 6.84. The topological polar surface area (TPSA) is 36.4 Å². The highest BCUT2D eigenvalue weighted by atomic mass is 32.2. The molecule has 3 nitrogen and oxygen atoms in total. The fraction of sp³-hybridized carbons (Fsp3) is 0.643. The molecule has 0 bridgehead atoms. The number of thioether (sulfide) groups is 1. The van der Waals surface area contributed by atoms with E-state index in [1.165, 1.54) is 24.1 Å². The number of hydrogen-bond donors (Lipinski definition) is 2. The summed E-state index contributed by atoms with van der Waals surface area (Å²) < 4.78 is 0. The Labute approximate surface area is 124 Å². The number of rotatable bonds is 5.